The quantitative estimate of drug-likeness (QED) is 0.759. The van der Waals surface area contributed by atoms with E-state index in [1.807, 2.05) is 0 Å². The number of aliphatic hydroxyl groups is 1. The smallest absolute Gasteiger partial charge is 0.261 e. The molecule has 0 aromatic heterocycles. The third-order valence-electron chi connectivity index (χ3n) is 3.93. The molecule has 2 amide bonds. The van der Waals surface area contributed by atoms with Crippen LogP contribution in [0.4, 0.5) is 4.39 Å². The fourth-order valence-corrected chi connectivity index (χ4v) is 2.96. The summed E-state index contributed by atoms with van der Waals surface area (Å²) in [6.07, 6.45) is -1.12. The van der Waals surface area contributed by atoms with E-state index >= 15 is 0 Å². The molecule has 1 aliphatic rings. The Morgan fingerprint density at radius 1 is 1.08 bits per heavy atom. The fraction of sp³-hybridized carbons (Fsp3) is 0.222. The van der Waals surface area contributed by atoms with Crippen molar-refractivity contribution < 1.29 is 23.8 Å². The molecule has 8 heteroatoms. The Kier molecular flexibility index (Phi) is 5.58. The lowest BCUT2D eigenvalue weighted by Gasteiger charge is -2.18. The van der Waals surface area contributed by atoms with Crippen LogP contribution in [-0.4, -0.2) is 41.1 Å². The van der Waals surface area contributed by atoms with E-state index in [9.17, 15) is 19.1 Å². The molecule has 0 spiro atoms. The largest absolute Gasteiger partial charge is 0.389 e. The van der Waals surface area contributed by atoms with Gasteiger partial charge >= 0.3 is 0 Å². The van der Waals surface area contributed by atoms with Gasteiger partial charge in [-0.3, -0.25) is 14.5 Å². The van der Waals surface area contributed by atoms with Crippen molar-refractivity contribution in [1.29, 1.82) is 0 Å². The van der Waals surface area contributed by atoms with Crippen molar-refractivity contribution in [2.45, 2.75) is 12.7 Å². The van der Waals surface area contributed by atoms with Crippen LogP contribution < -0.4 is 0 Å². The average molecular weight is 398 g/mol. The van der Waals surface area contributed by atoms with E-state index in [0.717, 1.165) is 4.90 Å². The molecule has 1 aliphatic heterocycles. The van der Waals surface area contributed by atoms with Gasteiger partial charge in [-0.25, -0.2) is 4.39 Å². The Hall–Kier alpha value is -1.99. The number of amides is 2. The summed E-state index contributed by atoms with van der Waals surface area (Å²) >= 11 is 11.8. The summed E-state index contributed by atoms with van der Waals surface area (Å²) in [7, 11) is 0. The van der Waals surface area contributed by atoms with E-state index < -0.39 is 23.7 Å². The summed E-state index contributed by atoms with van der Waals surface area (Å²) in [6, 6.07) is 8.78. The van der Waals surface area contributed by atoms with Gasteiger partial charge in [-0.05, 0) is 18.2 Å². The Labute approximate surface area is 158 Å². The van der Waals surface area contributed by atoms with Crippen LogP contribution in [0.25, 0.3) is 0 Å². The number of carbonyl (C=O) groups excluding carboxylic acids is 2. The van der Waals surface area contributed by atoms with Crippen molar-refractivity contribution in [3.05, 3.63) is 69.0 Å². The number of ether oxygens (including phenoxy) is 1. The van der Waals surface area contributed by atoms with Crippen LogP contribution in [0.5, 0.6) is 0 Å². The molecule has 5 nitrogen and oxygen atoms in total. The molecule has 0 bridgehead atoms. The van der Waals surface area contributed by atoms with Gasteiger partial charge < -0.3 is 9.84 Å². The maximum absolute atomic E-state index is 13.5. The number of carbonyl (C=O) groups is 2. The highest BCUT2D eigenvalue weighted by Gasteiger charge is 2.37. The van der Waals surface area contributed by atoms with Crippen LogP contribution >= 0.6 is 23.2 Å². The van der Waals surface area contributed by atoms with Crippen LogP contribution in [0.1, 0.15) is 26.3 Å². The summed E-state index contributed by atoms with van der Waals surface area (Å²) in [5.41, 5.74) is 0.637. The first-order valence-electron chi connectivity index (χ1n) is 7.73. The molecule has 26 heavy (non-hydrogen) atoms. The number of imide groups is 1. The lowest BCUT2D eigenvalue weighted by molar-refractivity contribution is 0.0113. The van der Waals surface area contributed by atoms with Gasteiger partial charge in [0.05, 0.1) is 47.0 Å². The molecule has 3 rings (SSSR count). The zero-order valence-electron chi connectivity index (χ0n) is 13.4. The van der Waals surface area contributed by atoms with Gasteiger partial charge in [-0.1, -0.05) is 41.4 Å². The first-order chi connectivity index (χ1) is 12.4. The third-order valence-corrected chi connectivity index (χ3v) is 4.65. The Morgan fingerprint density at radius 2 is 1.65 bits per heavy atom. The molecule has 2 aromatic carbocycles. The Morgan fingerprint density at radius 3 is 2.23 bits per heavy atom. The van der Waals surface area contributed by atoms with Crippen LogP contribution in [0.3, 0.4) is 0 Å². The van der Waals surface area contributed by atoms with E-state index in [1.54, 1.807) is 18.2 Å². The van der Waals surface area contributed by atoms with Gasteiger partial charge in [0, 0.05) is 5.56 Å². The number of halogens is 3. The summed E-state index contributed by atoms with van der Waals surface area (Å²) < 4.78 is 18.8. The highest BCUT2D eigenvalue weighted by Crippen LogP contribution is 2.31. The lowest BCUT2D eigenvalue weighted by Crippen LogP contribution is -2.38. The van der Waals surface area contributed by atoms with Gasteiger partial charge in [-0.2, -0.15) is 0 Å². The maximum atomic E-state index is 13.5. The van der Waals surface area contributed by atoms with Crippen molar-refractivity contribution in [3.63, 3.8) is 0 Å². The number of aliphatic hydroxyl groups excluding tert-OH is 1. The fourth-order valence-electron chi connectivity index (χ4n) is 2.63. The molecular formula is C18H14Cl2FNO4. The Bertz CT molecular complexity index is 833. The van der Waals surface area contributed by atoms with Gasteiger partial charge in [0.15, 0.2) is 0 Å². The van der Waals surface area contributed by atoms with Crippen molar-refractivity contribution >= 4 is 35.0 Å². The number of fused-ring (bicyclic) bond motifs is 1. The molecule has 1 atom stereocenters. The van der Waals surface area contributed by atoms with Crippen LogP contribution in [-0.2, 0) is 11.3 Å². The molecule has 1 heterocycles. The summed E-state index contributed by atoms with van der Waals surface area (Å²) in [6.45, 7) is -0.445. The first-order valence-corrected chi connectivity index (χ1v) is 8.48. The zero-order valence-corrected chi connectivity index (χ0v) is 14.9. The number of β-amino-alcohol motifs (C(OH)–C–C–N with tert-alkyl or cyclic N) is 1. The predicted octanol–water partition coefficient (Wildman–Crippen LogP) is 3.31. The van der Waals surface area contributed by atoms with Crippen LogP contribution in [0.2, 0.25) is 10.0 Å². The molecule has 136 valence electrons. The molecule has 1 N–H and O–H groups in total. The first kappa shape index (κ1) is 18.8. The SMILES string of the molecule is O=C1c2cc(Cl)c(Cl)cc2C(=O)N1C[C@H](O)COCc1ccccc1F. The van der Waals surface area contributed by atoms with E-state index in [1.165, 1.54) is 18.2 Å². The number of hydrogen-bond acceptors (Lipinski definition) is 4. The number of benzene rings is 2. The van der Waals surface area contributed by atoms with Crippen molar-refractivity contribution in [2.75, 3.05) is 13.2 Å². The van der Waals surface area contributed by atoms with Crippen LogP contribution in [0.15, 0.2) is 36.4 Å². The minimum absolute atomic E-state index is 0.0307. The van der Waals surface area contributed by atoms with Crippen molar-refractivity contribution in [3.8, 4) is 0 Å². The number of rotatable bonds is 6. The standard InChI is InChI=1S/C18H14Cl2FNO4/c19-14-5-12-13(6-15(14)20)18(25)22(17(12)24)7-11(23)9-26-8-10-3-1-2-4-16(10)21/h1-6,11,23H,7-9H2/t11-/m0/s1. The minimum Gasteiger partial charge on any atom is -0.389 e. The molecule has 0 radical (unpaired) electrons. The molecule has 0 unspecified atom stereocenters. The van der Waals surface area contributed by atoms with E-state index in [2.05, 4.69) is 0 Å². The van der Waals surface area contributed by atoms with E-state index in [4.69, 9.17) is 27.9 Å². The zero-order chi connectivity index (χ0) is 18.8. The third kappa shape index (κ3) is 3.73. The Balaban J connectivity index is 1.60. The van der Waals surface area contributed by atoms with Gasteiger partial charge in [-0.15, -0.1) is 0 Å². The molecule has 2 aromatic rings. The highest BCUT2D eigenvalue weighted by atomic mass is 35.5. The molecule has 0 fully saturated rings. The van der Waals surface area contributed by atoms with Gasteiger partial charge in [0.2, 0.25) is 0 Å². The highest BCUT2D eigenvalue weighted by molar-refractivity contribution is 6.43. The summed E-state index contributed by atoms with van der Waals surface area (Å²) in [5, 5.41) is 10.4. The predicted molar refractivity (Wildman–Crippen MR) is 93.9 cm³/mol. The monoisotopic (exact) mass is 397 g/mol. The van der Waals surface area contributed by atoms with E-state index in [0.29, 0.717) is 5.56 Å². The van der Waals surface area contributed by atoms with Crippen molar-refractivity contribution in [1.82, 2.24) is 4.90 Å². The van der Waals surface area contributed by atoms with Crippen LogP contribution in [0, 0.1) is 5.82 Å². The van der Waals surface area contributed by atoms with Crippen molar-refractivity contribution in [2.24, 2.45) is 0 Å². The molecule has 0 aliphatic carbocycles. The molecule has 0 saturated carbocycles. The second-order valence-corrected chi connectivity index (χ2v) is 6.61. The lowest BCUT2D eigenvalue weighted by atomic mass is 10.1. The summed E-state index contributed by atoms with van der Waals surface area (Å²) in [5.74, 6) is -1.52. The average Bonchev–Trinajstić information content (AvgIpc) is 2.82. The normalized spacial score (nSPS) is 14.7. The number of hydrogen-bond donors (Lipinski definition) is 1. The second-order valence-electron chi connectivity index (χ2n) is 5.79. The van der Waals surface area contributed by atoms with Gasteiger partial charge in [0.25, 0.3) is 11.8 Å². The second kappa shape index (κ2) is 7.72. The van der Waals surface area contributed by atoms with E-state index in [-0.39, 0.29) is 40.9 Å². The topological polar surface area (TPSA) is 66.8 Å². The molecular weight excluding hydrogens is 384 g/mol. The number of nitrogens with zero attached hydrogens (tertiary/aromatic N) is 1. The van der Waals surface area contributed by atoms with Gasteiger partial charge in [0.1, 0.15) is 5.82 Å². The minimum atomic E-state index is -1.12. The molecule has 0 saturated heterocycles. The maximum Gasteiger partial charge on any atom is 0.261 e. The summed E-state index contributed by atoms with van der Waals surface area (Å²) in [4.78, 5) is 25.6.